The Morgan fingerprint density at radius 1 is 0.920 bits per heavy atom. The van der Waals surface area contributed by atoms with Crippen molar-refractivity contribution >= 4 is 23.2 Å². The van der Waals surface area contributed by atoms with Crippen LogP contribution in [0.1, 0.15) is 17.5 Å². The number of nitrogens with one attached hydrogen (secondary N) is 2. The highest BCUT2D eigenvalue weighted by atomic mass is 19.4. The van der Waals surface area contributed by atoms with Crippen molar-refractivity contribution in [2.24, 2.45) is 0 Å². The molecule has 0 unspecified atom stereocenters. The second-order valence-electron chi connectivity index (χ2n) is 5.47. The van der Waals surface area contributed by atoms with E-state index >= 15 is 0 Å². The number of anilines is 2. The van der Waals surface area contributed by atoms with Crippen LogP contribution in [0.15, 0.2) is 48.5 Å². The molecule has 132 valence electrons. The molecule has 0 spiro atoms. The van der Waals surface area contributed by atoms with E-state index in [0.29, 0.717) is 6.42 Å². The fourth-order valence-electron chi connectivity index (χ4n) is 2.25. The predicted molar refractivity (Wildman–Crippen MR) is 89.3 cm³/mol. The minimum Gasteiger partial charge on any atom is -0.324 e. The van der Waals surface area contributed by atoms with Crippen molar-refractivity contribution in [3.8, 4) is 0 Å². The third kappa shape index (κ3) is 5.34. The van der Waals surface area contributed by atoms with Crippen molar-refractivity contribution in [3.63, 3.8) is 0 Å². The van der Waals surface area contributed by atoms with Crippen molar-refractivity contribution in [3.05, 3.63) is 59.7 Å². The Labute approximate surface area is 143 Å². The number of alkyl halides is 3. The lowest BCUT2D eigenvalue weighted by Gasteiger charge is -2.13. The number of hydrogen-bond donors (Lipinski definition) is 2. The molecular formula is C18H17F3N2O2. The highest BCUT2D eigenvalue weighted by Gasteiger charge is 2.39. The third-order valence-electron chi connectivity index (χ3n) is 3.59. The zero-order valence-electron chi connectivity index (χ0n) is 13.5. The molecule has 0 aromatic heterocycles. The summed E-state index contributed by atoms with van der Waals surface area (Å²) in [4.78, 5) is 23.2. The molecule has 0 aliphatic rings. The van der Waals surface area contributed by atoms with Gasteiger partial charge in [-0.15, -0.1) is 0 Å². The van der Waals surface area contributed by atoms with Gasteiger partial charge in [0.25, 0.3) is 0 Å². The summed E-state index contributed by atoms with van der Waals surface area (Å²) in [6.07, 6.45) is -4.32. The number of hydrogen-bond acceptors (Lipinski definition) is 2. The van der Waals surface area contributed by atoms with Gasteiger partial charge in [-0.2, -0.15) is 13.2 Å². The maximum atomic E-state index is 12.4. The highest BCUT2D eigenvalue weighted by Crippen LogP contribution is 2.24. The smallest absolute Gasteiger partial charge is 0.324 e. The van der Waals surface area contributed by atoms with Crippen LogP contribution in [0.4, 0.5) is 24.5 Å². The van der Waals surface area contributed by atoms with Gasteiger partial charge in [-0.1, -0.05) is 36.4 Å². The van der Waals surface area contributed by atoms with Crippen LogP contribution < -0.4 is 10.6 Å². The molecular weight excluding hydrogens is 333 g/mol. The van der Waals surface area contributed by atoms with Crippen LogP contribution in [0.2, 0.25) is 0 Å². The molecule has 2 rings (SSSR count). The van der Waals surface area contributed by atoms with Gasteiger partial charge in [0.05, 0.1) is 11.4 Å². The van der Waals surface area contributed by atoms with E-state index in [1.807, 2.05) is 31.2 Å². The van der Waals surface area contributed by atoms with Gasteiger partial charge in [-0.05, 0) is 36.6 Å². The van der Waals surface area contributed by atoms with Crippen LogP contribution in [0.5, 0.6) is 0 Å². The number of halogens is 3. The van der Waals surface area contributed by atoms with Crippen LogP contribution >= 0.6 is 0 Å². The molecule has 0 bridgehead atoms. The van der Waals surface area contributed by atoms with E-state index in [-0.39, 0.29) is 23.7 Å². The zero-order valence-corrected chi connectivity index (χ0v) is 13.5. The number of carbonyl (C=O) groups excluding carboxylic acids is 2. The molecule has 0 radical (unpaired) electrons. The zero-order chi connectivity index (χ0) is 18.4. The van der Waals surface area contributed by atoms with Gasteiger partial charge in [0.2, 0.25) is 5.91 Å². The van der Waals surface area contributed by atoms with Crippen molar-refractivity contribution in [2.45, 2.75) is 25.9 Å². The van der Waals surface area contributed by atoms with E-state index in [2.05, 4.69) is 5.32 Å². The summed E-state index contributed by atoms with van der Waals surface area (Å²) in [5.74, 6) is -2.44. The molecule has 0 atom stereocenters. The summed E-state index contributed by atoms with van der Waals surface area (Å²) in [7, 11) is 0. The highest BCUT2D eigenvalue weighted by molar-refractivity contribution is 6.01. The topological polar surface area (TPSA) is 58.2 Å². The van der Waals surface area contributed by atoms with Gasteiger partial charge in [0, 0.05) is 6.42 Å². The fraction of sp³-hybridized carbons (Fsp3) is 0.222. The predicted octanol–water partition coefficient (Wildman–Crippen LogP) is 4.07. The second kappa shape index (κ2) is 7.83. The first-order valence-corrected chi connectivity index (χ1v) is 7.59. The molecule has 0 saturated carbocycles. The van der Waals surface area contributed by atoms with Crippen molar-refractivity contribution < 1.29 is 22.8 Å². The average Bonchev–Trinajstić information content (AvgIpc) is 2.55. The maximum absolute atomic E-state index is 12.4. The Kier molecular flexibility index (Phi) is 5.80. The van der Waals surface area contributed by atoms with Crippen LogP contribution in [-0.2, 0) is 16.0 Å². The number of amides is 2. The largest absolute Gasteiger partial charge is 0.471 e. The van der Waals surface area contributed by atoms with E-state index in [0.717, 1.165) is 11.1 Å². The quantitative estimate of drug-likeness (QED) is 0.854. The molecule has 2 amide bonds. The lowest BCUT2D eigenvalue weighted by Crippen LogP contribution is -2.30. The standard InChI is InChI=1S/C18H17F3N2O2/c1-12-6-2-3-7-13(12)10-11-16(24)22-14-8-4-5-9-15(14)23-17(25)18(19,20)21/h2-9H,10-11H2,1H3,(H,22,24)(H,23,25). The summed E-state index contributed by atoms with van der Waals surface area (Å²) in [5.41, 5.74) is 2.11. The lowest BCUT2D eigenvalue weighted by molar-refractivity contribution is -0.167. The molecule has 25 heavy (non-hydrogen) atoms. The summed E-state index contributed by atoms with van der Waals surface area (Å²) in [5, 5.41) is 4.30. The summed E-state index contributed by atoms with van der Waals surface area (Å²) in [6.45, 7) is 1.94. The third-order valence-corrected chi connectivity index (χ3v) is 3.59. The molecule has 0 fully saturated rings. The normalized spacial score (nSPS) is 11.0. The number of aryl methyl sites for hydroxylation is 2. The van der Waals surface area contributed by atoms with Gasteiger partial charge in [-0.3, -0.25) is 9.59 Å². The Balaban J connectivity index is 2.01. The minimum absolute atomic E-state index is 0.103. The Bertz CT molecular complexity index is 773. The van der Waals surface area contributed by atoms with E-state index in [1.165, 1.54) is 18.2 Å². The number of benzene rings is 2. The Morgan fingerprint density at radius 2 is 1.48 bits per heavy atom. The van der Waals surface area contributed by atoms with Crippen molar-refractivity contribution in [1.29, 1.82) is 0 Å². The van der Waals surface area contributed by atoms with Gasteiger partial charge in [0.1, 0.15) is 0 Å². The maximum Gasteiger partial charge on any atom is 0.471 e. The summed E-state index contributed by atoms with van der Waals surface area (Å²) in [6, 6.07) is 13.4. The van der Waals surface area contributed by atoms with E-state index in [4.69, 9.17) is 0 Å². The monoisotopic (exact) mass is 350 g/mol. The molecule has 0 heterocycles. The second-order valence-corrected chi connectivity index (χ2v) is 5.47. The number of rotatable bonds is 5. The molecule has 0 aliphatic heterocycles. The van der Waals surface area contributed by atoms with Crippen molar-refractivity contribution in [1.82, 2.24) is 0 Å². The van der Waals surface area contributed by atoms with Crippen LogP contribution in [-0.4, -0.2) is 18.0 Å². The Morgan fingerprint density at radius 3 is 2.08 bits per heavy atom. The lowest BCUT2D eigenvalue weighted by atomic mass is 10.0. The molecule has 0 aliphatic carbocycles. The molecule has 7 heteroatoms. The number of para-hydroxylation sites is 2. The van der Waals surface area contributed by atoms with Gasteiger partial charge < -0.3 is 10.6 Å². The Hall–Kier alpha value is -2.83. The van der Waals surface area contributed by atoms with Crippen LogP contribution in [0.25, 0.3) is 0 Å². The first-order chi connectivity index (χ1) is 11.8. The van der Waals surface area contributed by atoms with E-state index < -0.39 is 12.1 Å². The van der Waals surface area contributed by atoms with E-state index in [1.54, 1.807) is 11.4 Å². The minimum atomic E-state index is -5.00. The molecule has 4 nitrogen and oxygen atoms in total. The summed E-state index contributed by atoms with van der Waals surface area (Å²) >= 11 is 0. The molecule has 2 N–H and O–H groups in total. The average molecular weight is 350 g/mol. The van der Waals surface area contributed by atoms with Crippen LogP contribution in [0.3, 0.4) is 0 Å². The van der Waals surface area contributed by atoms with Gasteiger partial charge in [-0.25, -0.2) is 0 Å². The molecule has 2 aromatic carbocycles. The first-order valence-electron chi connectivity index (χ1n) is 7.59. The van der Waals surface area contributed by atoms with Crippen LogP contribution in [0, 0.1) is 6.92 Å². The summed E-state index contributed by atoms with van der Waals surface area (Å²) < 4.78 is 37.1. The SMILES string of the molecule is Cc1ccccc1CCC(=O)Nc1ccccc1NC(=O)C(F)(F)F. The van der Waals surface area contributed by atoms with Gasteiger partial charge >= 0.3 is 12.1 Å². The first kappa shape index (κ1) is 18.5. The fourth-order valence-corrected chi connectivity index (χ4v) is 2.25. The van der Waals surface area contributed by atoms with E-state index in [9.17, 15) is 22.8 Å². The molecule has 0 saturated heterocycles. The number of carbonyl (C=O) groups is 2. The van der Waals surface area contributed by atoms with Crippen molar-refractivity contribution in [2.75, 3.05) is 10.6 Å². The molecule has 2 aromatic rings. The van der Waals surface area contributed by atoms with Gasteiger partial charge in [0.15, 0.2) is 0 Å².